The lowest BCUT2D eigenvalue weighted by atomic mass is 9.88. The van der Waals surface area contributed by atoms with Crippen LogP contribution in [0.1, 0.15) is 22.3 Å². The number of ketones is 1. The Labute approximate surface area is 189 Å². The minimum Gasteiger partial charge on any atom is -0.492 e. The maximum atomic E-state index is 13.2. The number of carbonyl (C=O) groups is 2. The first-order chi connectivity index (χ1) is 14.9. The minimum atomic E-state index is -1.97. The summed E-state index contributed by atoms with van der Waals surface area (Å²) in [5, 5.41) is 11.9. The molecule has 158 valence electrons. The molecule has 0 spiro atoms. The van der Waals surface area contributed by atoms with Gasteiger partial charge in [-0.3, -0.25) is 9.59 Å². The summed E-state index contributed by atoms with van der Waals surface area (Å²) in [5.41, 5.74) is -0.729. The summed E-state index contributed by atoms with van der Waals surface area (Å²) in [7, 11) is 0. The van der Waals surface area contributed by atoms with Crippen molar-refractivity contribution in [3.63, 3.8) is 0 Å². The van der Waals surface area contributed by atoms with Crippen LogP contribution >= 0.6 is 23.2 Å². The van der Waals surface area contributed by atoms with Crippen LogP contribution < -0.4 is 9.64 Å². The fourth-order valence-electron chi connectivity index (χ4n) is 3.67. The zero-order chi connectivity index (χ0) is 22.0. The first-order valence-corrected chi connectivity index (χ1v) is 10.5. The molecule has 3 aromatic carbocycles. The maximum Gasteiger partial charge on any atom is 0.264 e. The molecule has 4 rings (SSSR count). The Kier molecular flexibility index (Phi) is 6.01. The van der Waals surface area contributed by atoms with Crippen LogP contribution in [0.4, 0.5) is 5.69 Å². The van der Waals surface area contributed by atoms with Gasteiger partial charge in [-0.15, -0.1) is 0 Å². The lowest BCUT2D eigenvalue weighted by Crippen LogP contribution is -2.43. The van der Waals surface area contributed by atoms with Crippen molar-refractivity contribution >= 4 is 40.6 Å². The second kappa shape index (κ2) is 8.71. The summed E-state index contributed by atoms with van der Waals surface area (Å²) in [4.78, 5) is 27.6. The number of hydrogen-bond donors (Lipinski definition) is 1. The number of rotatable bonds is 7. The molecule has 0 saturated heterocycles. The highest BCUT2D eigenvalue weighted by atomic mass is 35.5. The fourth-order valence-corrected chi connectivity index (χ4v) is 3.97. The highest BCUT2D eigenvalue weighted by molar-refractivity contribution is 6.42. The van der Waals surface area contributed by atoms with Crippen LogP contribution in [-0.2, 0) is 10.4 Å². The summed E-state index contributed by atoms with van der Waals surface area (Å²) in [6.45, 7) is 0.467. The summed E-state index contributed by atoms with van der Waals surface area (Å²) >= 11 is 11.9. The molecule has 31 heavy (non-hydrogen) atoms. The topological polar surface area (TPSA) is 66.8 Å². The van der Waals surface area contributed by atoms with Crippen LogP contribution in [0.5, 0.6) is 5.75 Å². The van der Waals surface area contributed by atoms with Crippen LogP contribution in [-0.4, -0.2) is 29.9 Å². The van der Waals surface area contributed by atoms with Crippen molar-refractivity contribution in [3.05, 3.63) is 94.0 Å². The third-order valence-corrected chi connectivity index (χ3v) is 5.96. The van der Waals surface area contributed by atoms with Gasteiger partial charge in [-0.1, -0.05) is 59.6 Å². The van der Waals surface area contributed by atoms with Gasteiger partial charge in [-0.2, -0.15) is 0 Å². The van der Waals surface area contributed by atoms with Crippen LogP contribution in [0.3, 0.4) is 0 Å². The predicted octanol–water partition coefficient (Wildman–Crippen LogP) is 4.88. The number of anilines is 1. The Bertz CT molecular complexity index is 1140. The molecule has 0 radical (unpaired) electrons. The molecule has 0 aromatic heterocycles. The minimum absolute atomic E-state index is 0.230. The normalized spacial score (nSPS) is 17.5. The van der Waals surface area contributed by atoms with Crippen molar-refractivity contribution in [2.24, 2.45) is 0 Å². The molecule has 3 aromatic rings. The van der Waals surface area contributed by atoms with Crippen molar-refractivity contribution < 1.29 is 19.4 Å². The zero-order valence-corrected chi connectivity index (χ0v) is 17.9. The van der Waals surface area contributed by atoms with Crippen LogP contribution in [0, 0.1) is 0 Å². The number of nitrogens with zero attached hydrogens (tertiary/aromatic N) is 1. The largest absolute Gasteiger partial charge is 0.492 e. The van der Waals surface area contributed by atoms with E-state index < -0.39 is 23.7 Å². The van der Waals surface area contributed by atoms with E-state index in [-0.39, 0.29) is 23.7 Å². The second-order valence-electron chi connectivity index (χ2n) is 7.22. The number of Topliss-reactive ketones (excluding diaryl/α,β-unsaturated/α-hetero) is 1. The zero-order valence-electron chi connectivity index (χ0n) is 16.4. The van der Waals surface area contributed by atoms with E-state index in [1.807, 2.05) is 30.3 Å². The van der Waals surface area contributed by atoms with Gasteiger partial charge in [0.25, 0.3) is 5.91 Å². The Morgan fingerprint density at radius 3 is 2.42 bits per heavy atom. The van der Waals surface area contributed by atoms with E-state index in [2.05, 4.69) is 0 Å². The van der Waals surface area contributed by atoms with Gasteiger partial charge >= 0.3 is 0 Å². The Hall–Kier alpha value is -2.86. The van der Waals surface area contributed by atoms with Crippen molar-refractivity contribution in [1.29, 1.82) is 0 Å². The SMILES string of the molecule is O=C(C[C@@]1(O)C(=O)N(CCOc2ccccc2)c2ccccc21)c1ccc(Cl)c(Cl)c1. The number of hydrogen-bond acceptors (Lipinski definition) is 4. The van der Waals surface area contributed by atoms with Crippen LogP contribution in [0.25, 0.3) is 0 Å². The van der Waals surface area contributed by atoms with Crippen LogP contribution in [0.2, 0.25) is 10.0 Å². The maximum absolute atomic E-state index is 13.2. The average molecular weight is 456 g/mol. The highest BCUT2D eigenvalue weighted by Crippen LogP contribution is 2.42. The molecule has 1 aliphatic heterocycles. The van der Waals surface area contributed by atoms with Crippen molar-refractivity contribution in [2.45, 2.75) is 12.0 Å². The van der Waals surface area contributed by atoms with E-state index in [0.29, 0.717) is 22.0 Å². The lowest BCUT2D eigenvalue weighted by Gasteiger charge is -2.23. The van der Waals surface area contributed by atoms with Gasteiger partial charge in [0.05, 0.1) is 28.7 Å². The molecule has 1 amide bonds. The molecule has 7 heteroatoms. The smallest absolute Gasteiger partial charge is 0.264 e. The number of ether oxygens (including phenoxy) is 1. The van der Waals surface area contributed by atoms with Crippen molar-refractivity contribution in [3.8, 4) is 5.75 Å². The third kappa shape index (κ3) is 4.17. The van der Waals surface area contributed by atoms with Crippen LogP contribution in [0.15, 0.2) is 72.8 Å². The number of fused-ring (bicyclic) bond motifs is 1. The van der Waals surface area contributed by atoms with Crippen molar-refractivity contribution in [1.82, 2.24) is 0 Å². The van der Waals surface area contributed by atoms with E-state index in [4.69, 9.17) is 27.9 Å². The van der Waals surface area contributed by atoms with E-state index in [0.717, 1.165) is 0 Å². The van der Waals surface area contributed by atoms with Gasteiger partial charge in [-0.25, -0.2) is 0 Å². The van der Waals surface area contributed by atoms with Gasteiger partial charge in [0, 0.05) is 11.1 Å². The Balaban J connectivity index is 1.55. The molecule has 5 nitrogen and oxygen atoms in total. The van der Waals surface area contributed by atoms with Crippen molar-refractivity contribution in [2.75, 3.05) is 18.1 Å². The fraction of sp³-hybridized carbons (Fsp3) is 0.167. The van der Waals surface area contributed by atoms with Gasteiger partial charge < -0.3 is 14.7 Å². The molecule has 1 N–H and O–H groups in total. The molecule has 0 saturated carbocycles. The summed E-state index contributed by atoms with van der Waals surface area (Å²) in [6.07, 6.45) is -0.406. The Morgan fingerprint density at radius 2 is 1.68 bits per heavy atom. The average Bonchev–Trinajstić information content (AvgIpc) is 2.98. The van der Waals surface area contributed by atoms with E-state index in [9.17, 15) is 14.7 Å². The number of carbonyl (C=O) groups excluding carboxylic acids is 2. The molecule has 0 aliphatic carbocycles. The first kappa shape index (κ1) is 21.4. The highest BCUT2D eigenvalue weighted by Gasteiger charge is 2.50. The standard InChI is InChI=1S/C24H19Cl2NO4/c25-19-11-10-16(14-20(19)26)22(28)15-24(30)18-8-4-5-9-21(18)27(23(24)29)12-13-31-17-6-2-1-3-7-17/h1-11,14,30H,12-13,15H2/t24-/m0/s1. The molecular weight excluding hydrogens is 437 g/mol. The number of halogens is 2. The monoisotopic (exact) mass is 455 g/mol. The van der Waals surface area contributed by atoms with Gasteiger partial charge in [0.2, 0.25) is 0 Å². The quantitative estimate of drug-likeness (QED) is 0.515. The molecule has 0 fully saturated rings. The summed E-state index contributed by atoms with van der Waals surface area (Å²) in [5.74, 6) is -0.280. The first-order valence-electron chi connectivity index (χ1n) is 9.70. The molecular formula is C24H19Cl2NO4. The lowest BCUT2D eigenvalue weighted by molar-refractivity contribution is -0.135. The molecule has 1 atom stereocenters. The van der Waals surface area contributed by atoms with E-state index in [1.165, 1.54) is 23.1 Å². The second-order valence-corrected chi connectivity index (χ2v) is 8.04. The predicted molar refractivity (Wildman–Crippen MR) is 120 cm³/mol. The Morgan fingerprint density at radius 1 is 0.968 bits per heavy atom. The number of benzene rings is 3. The molecule has 0 bridgehead atoms. The summed E-state index contributed by atoms with van der Waals surface area (Å²) in [6, 6.07) is 20.6. The number of amides is 1. The van der Waals surface area contributed by atoms with Gasteiger partial charge in [0.1, 0.15) is 12.4 Å². The summed E-state index contributed by atoms with van der Waals surface area (Å²) < 4.78 is 5.70. The van der Waals surface area contributed by atoms with E-state index >= 15 is 0 Å². The van der Waals surface area contributed by atoms with Gasteiger partial charge in [-0.05, 0) is 36.4 Å². The van der Waals surface area contributed by atoms with Gasteiger partial charge in [0.15, 0.2) is 11.4 Å². The molecule has 0 unspecified atom stereocenters. The van der Waals surface area contributed by atoms with E-state index in [1.54, 1.807) is 24.3 Å². The third-order valence-electron chi connectivity index (χ3n) is 5.22. The molecule has 1 heterocycles. The number of aliphatic hydroxyl groups is 1. The number of para-hydroxylation sites is 2. The molecule has 1 aliphatic rings.